The van der Waals surface area contributed by atoms with E-state index in [1.54, 1.807) is 18.2 Å². The molecule has 0 aliphatic carbocycles. The predicted molar refractivity (Wildman–Crippen MR) is 71.9 cm³/mol. The first-order valence-corrected chi connectivity index (χ1v) is 8.01. The Balaban J connectivity index is 1.76. The fourth-order valence-corrected chi connectivity index (χ4v) is 4.07. The highest BCUT2D eigenvalue weighted by Gasteiger charge is 2.40. The minimum atomic E-state index is -3.67. The Kier molecular flexibility index (Phi) is 3.49. The Morgan fingerprint density at radius 1 is 1.10 bits per heavy atom. The van der Waals surface area contributed by atoms with Crippen molar-refractivity contribution in [2.24, 2.45) is 0 Å². The molecule has 0 radical (unpaired) electrons. The number of ether oxygens (including phenoxy) is 1. The van der Waals surface area contributed by atoms with Crippen molar-refractivity contribution in [2.45, 2.75) is 4.90 Å². The number of carbonyl (C=O) groups is 1. The van der Waals surface area contributed by atoms with Gasteiger partial charge in [0.2, 0.25) is 0 Å². The highest BCUT2D eigenvalue weighted by molar-refractivity contribution is 7.90. The Labute approximate surface area is 118 Å². The Hall–Kier alpha value is -1.44. The second-order valence-electron chi connectivity index (χ2n) is 4.83. The Bertz CT molecular complexity index is 623. The molecule has 1 amide bonds. The molecular weight excluding hydrogens is 280 g/mol. The summed E-state index contributed by atoms with van der Waals surface area (Å²) < 4.78 is 30.9. The van der Waals surface area contributed by atoms with Crippen molar-refractivity contribution in [1.82, 2.24) is 9.21 Å². The highest BCUT2D eigenvalue weighted by Crippen LogP contribution is 2.29. The molecule has 1 aromatic rings. The van der Waals surface area contributed by atoms with Crippen LogP contribution in [0.3, 0.4) is 0 Å². The molecule has 2 aliphatic rings. The number of rotatable bonds is 3. The number of nitrogens with zero attached hydrogens (tertiary/aromatic N) is 2. The average Bonchev–Trinajstić information content (AvgIpc) is 2.66. The van der Waals surface area contributed by atoms with Gasteiger partial charge in [-0.15, -0.1) is 0 Å². The average molecular weight is 296 g/mol. The van der Waals surface area contributed by atoms with Gasteiger partial charge in [-0.2, -0.15) is 0 Å². The molecule has 0 saturated carbocycles. The van der Waals surface area contributed by atoms with Crippen LogP contribution in [0.5, 0.6) is 0 Å². The van der Waals surface area contributed by atoms with Crippen LogP contribution >= 0.6 is 0 Å². The standard InChI is InChI=1S/C13H16N2O4S/c16-13-11-3-1-2-4-12(11)20(17,18)15(13)6-5-14-7-9-19-10-8-14/h1-4H,5-10H2. The lowest BCUT2D eigenvalue weighted by atomic mass is 10.2. The molecule has 108 valence electrons. The smallest absolute Gasteiger partial charge is 0.269 e. The first-order valence-electron chi connectivity index (χ1n) is 6.57. The summed E-state index contributed by atoms with van der Waals surface area (Å²) in [5.74, 6) is -0.422. The molecule has 2 heterocycles. The molecule has 7 heteroatoms. The van der Waals surface area contributed by atoms with Gasteiger partial charge in [-0.25, -0.2) is 12.7 Å². The van der Waals surface area contributed by atoms with Crippen LogP contribution in [0, 0.1) is 0 Å². The van der Waals surface area contributed by atoms with E-state index < -0.39 is 15.9 Å². The molecule has 1 saturated heterocycles. The number of hydrogen-bond acceptors (Lipinski definition) is 5. The molecular formula is C13H16N2O4S. The fourth-order valence-electron chi connectivity index (χ4n) is 2.51. The van der Waals surface area contributed by atoms with E-state index in [1.807, 2.05) is 0 Å². The summed E-state index contributed by atoms with van der Waals surface area (Å²) in [6.07, 6.45) is 0. The van der Waals surface area contributed by atoms with Crippen molar-refractivity contribution < 1.29 is 17.9 Å². The molecule has 0 aromatic heterocycles. The summed E-state index contributed by atoms with van der Waals surface area (Å²) >= 11 is 0. The summed E-state index contributed by atoms with van der Waals surface area (Å²) in [6, 6.07) is 6.36. The molecule has 3 rings (SSSR count). The van der Waals surface area contributed by atoms with Gasteiger partial charge in [0.25, 0.3) is 15.9 Å². The number of sulfonamides is 1. The number of benzene rings is 1. The zero-order valence-corrected chi connectivity index (χ0v) is 11.8. The SMILES string of the molecule is O=C1c2ccccc2S(=O)(=O)N1CCN1CCOCC1. The van der Waals surface area contributed by atoms with Crippen LogP contribution < -0.4 is 0 Å². The van der Waals surface area contributed by atoms with Gasteiger partial charge in [0.15, 0.2) is 0 Å². The van der Waals surface area contributed by atoms with E-state index in [-0.39, 0.29) is 17.0 Å². The molecule has 0 atom stereocenters. The molecule has 2 aliphatic heterocycles. The number of carbonyl (C=O) groups excluding carboxylic acids is 1. The zero-order chi connectivity index (χ0) is 14.2. The number of amides is 1. The van der Waals surface area contributed by atoms with Gasteiger partial charge < -0.3 is 4.74 Å². The monoisotopic (exact) mass is 296 g/mol. The number of hydrogen-bond donors (Lipinski definition) is 0. The largest absolute Gasteiger partial charge is 0.379 e. The molecule has 6 nitrogen and oxygen atoms in total. The summed E-state index contributed by atoms with van der Waals surface area (Å²) in [5, 5.41) is 0. The van der Waals surface area contributed by atoms with Crippen LogP contribution in [-0.4, -0.2) is 62.9 Å². The van der Waals surface area contributed by atoms with Gasteiger partial charge in [0.1, 0.15) is 4.90 Å². The maximum atomic E-state index is 12.3. The third kappa shape index (κ3) is 2.21. The zero-order valence-electron chi connectivity index (χ0n) is 11.0. The van der Waals surface area contributed by atoms with Gasteiger partial charge in [-0.3, -0.25) is 9.69 Å². The minimum absolute atomic E-state index is 0.118. The van der Waals surface area contributed by atoms with Crippen LogP contribution in [0.25, 0.3) is 0 Å². The van der Waals surface area contributed by atoms with Crippen molar-refractivity contribution in [3.05, 3.63) is 29.8 Å². The quantitative estimate of drug-likeness (QED) is 0.795. The van der Waals surface area contributed by atoms with Crippen LogP contribution in [0.4, 0.5) is 0 Å². The van der Waals surface area contributed by atoms with E-state index in [0.717, 1.165) is 17.4 Å². The van der Waals surface area contributed by atoms with Crippen LogP contribution in [0.15, 0.2) is 29.2 Å². The lowest BCUT2D eigenvalue weighted by Crippen LogP contribution is -2.42. The topological polar surface area (TPSA) is 66.9 Å². The third-order valence-electron chi connectivity index (χ3n) is 3.64. The second kappa shape index (κ2) is 5.16. The van der Waals surface area contributed by atoms with E-state index >= 15 is 0 Å². The summed E-state index contributed by atoms with van der Waals surface area (Å²) in [4.78, 5) is 14.4. The van der Waals surface area contributed by atoms with Gasteiger partial charge in [0, 0.05) is 19.6 Å². The van der Waals surface area contributed by atoms with Crippen molar-refractivity contribution in [3.8, 4) is 0 Å². The number of morpholine rings is 1. The van der Waals surface area contributed by atoms with Crippen LogP contribution in [-0.2, 0) is 14.8 Å². The normalized spacial score (nSPS) is 22.0. The van der Waals surface area contributed by atoms with Crippen molar-refractivity contribution in [3.63, 3.8) is 0 Å². The first-order chi connectivity index (χ1) is 9.60. The fraction of sp³-hybridized carbons (Fsp3) is 0.462. The van der Waals surface area contributed by atoms with Gasteiger partial charge in [-0.05, 0) is 12.1 Å². The van der Waals surface area contributed by atoms with Gasteiger partial charge in [-0.1, -0.05) is 12.1 Å². The molecule has 0 bridgehead atoms. The molecule has 20 heavy (non-hydrogen) atoms. The molecule has 0 N–H and O–H groups in total. The highest BCUT2D eigenvalue weighted by atomic mass is 32.2. The van der Waals surface area contributed by atoms with Gasteiger partial charge >= 0.3 is 0 Å². The lowest BCUT2D eigenvalue weighted by molar-refractivity contribution is 0.0360. The van der Waals surface area contributed by atoms with Crippen LogP contribution in [0.2, 0.25) is 0 Å². The van der Waals surface area contributed by atoms with E-state index in [9.17, 15) is 13.2 Å². The molecule has 1 fully saturated rings. The summed E-state index contributed by atoms with van der Waals surface area (Å²) in [7, 11) is -3.67. The second-order valence-corrected chi connectivity index (χ2v) is 6.66. The van der Waals surface area contributed by atoms with E-state index in [2.05, 4.69) is 4.90 Å². The first kappa shape index (κ1) is 13.5. The van der Waals surface area contributed by atoms with Gasteiger partial charge in [0.05, 0.1) is 25.3 Å². The number of fused-ring (bicyclic) bond motifs is 1. The van der Waals surface area contributed by atoms with Crippen LogP contribution in [0.1, 0.15) is 10.4 Å². The minimum Gasteiger partial charge on any atom is -0.379 e. The molecule has 0 spiro atoms. The third-order valence-corrected chi connectivity index (χ3v) is 5.48. The van der Waals surface area contributed by atoms with E-state index in [0.29, 0.717) is 19.8 Å². The Morgan fingerprint density at radius 2 is 1.80 bits per heavy atom. The molecule has 1 aromatic carbocycles. The summed E-state index contributed by atoms with van der Waals surface area (Å²) in [6.45, 7) is 3.59. The van der Waals surface area contributed by atoms with Crippen molar-refractivity contribution in [2.75, 3.05) is 39.4 Å². The van der Waals surface area contributed by atoms with E-state index in [1.165, 1.54) is 6.07 Å². The van der Waals surface area contributed by atoms with E-state index in [4.69, 9.17) is 4.74 Å². The maximum absolute atomic E-state index is 12.3. The maximum Gasteiger partial charge on any atom is 0.269 e. The summed E-state index contributed by atoms with van der Waals surface area (Å²) in [5.41, 5.74) is 0.273. The lowest BCUT2D eigenvalue weighted by Gasteiger charge is -2.28. The van der Waals surface area contributed by atoms with Crippen molar-refractivity contribution >= 4 is 15.9 Å². The predicted octanol–water partition coefficient (Wildman–Crippen LogP) is 0.163. The molecule has 0 unspecified atom stereocenters. The Morgan fingerprint density at radius 3 is 2.50 bits per heavy atom. The van der Waals surface area contributed by atoms with Crippen molar-refractivity contribution in [1.29, 1.82) is 0 Å².